The van der Waals surface area contributed by atoms with E-state index >= 15 is 0 Å². The molecule has 1 rings (SSSR count). The van der Waals surface area contributed by atoms with Gasteiger partial charge in [-0.25, -0.2) is 9.78 Å². The summed E-state index contributed by atoms with van der Waals surface area (Å²) in [5.74, 6) is -0.995. The number of hydrogen-bond donors (Lipinski definition) is 2. The molecule has 104 valence electrons. The Morgan fingerprint density at radius 1 is 1.63 bits per heavy atom. The van der Waals surface area contributed by atoms with Crippen molar-refractivity contribution in [3.63, 3.8) is 0 Å². The van der Waals surface area contributed by atoms with E-state index in [2.05, 4.69) is 17.2 Å². The van der Waals surface area contributed by atoms with Crippen LogP contribution in [0.4, 0.5) is 11.5 Å². The van der Waals surface area contributed by atoms with E-state index in [4.69, 9.17) is 5.11 Å². The topological polar surface area (TPSA) is 105 Å². The van der Waals surface area contributed by atoms with Gasteiger partial charge in [0.2, 0.25) is 0 Å². The van der Waals surface area contributed by atoms with Crippen molar-refractivity contribution in [1.82, 2.24) is 4.98 Å². The molecule has 0 spiro atoms. The largest absolute Gasteiger partial charge is 0.477 e. The number of nitro groups is 1. The number of nitrogens with one attached hydrogen (secondary N) is 1. The minimum Gasteiger partial charge on any atom is -0.477 e. The zero-order chi connectivity index (χ0) is 14.4. The number of carbonyl (C=O) groups is 1. The molecule has 0 bridgehead atoms. The first-order valence-corrected chi connectivity index (χ1v) is 6.10. The molecule has 1 unspecified atom stereocenters. The Bertz CT molecular complexity index is 476. The molecule has 1 aromatic rings. The third kappa shape index (κ3) is 4.20. The molecule has 19 heavy (non-hydrogen) atoms. The third-order valence-electron chi connectivity index (χ3n) is 2.70. The summed E-state index contributed by atoms with van der Waals surface area (Å²) in [6, 6.07) is 1.33. The van der Waals surface area contributed by atoms with Crippen molar-refractivity contribution >= 4 is 17.5 Å². The molecule has 0 saturated heterocycles. The van der Waals surface area contributed by atoms with Gasteiger partial charge < -0.3 is 10.4 Å². The molecular formula is C12H17N3O4. The van der Waals surface area contributed by atoms with Gasteiger partial charge in [0.05, 0.1) is 4.92 Å². The Labute approximate surface area is 110 Å². The van der Waals surface area contributed by atoms with Crippen LogP contribution in [0.2, 0.25) is 0 Å². The van der Waals surface area contributed by atoms with E-state index in [1.807, 2.05) is 6.92 Å². The lowest BCUT2D eigenvalue weighted by Crippen LogP contribution is -2.16. The molecule has 1 heterocycles. The van der Waals surface area contributed by atoms with Crippen LogP contribution in [0.3, 0.4) is 0 Å². The van der Waals surface area contributed by atoms with Crippen molar-refractivity contribution < 1.29 is 14.8 Å². The van der Waals surface area contributed by atoms with Crippen molar-refractivity contribution in [3.05, 3.63) is 27.9 Å². The number of aromatic carboxylic acids is 1. The summed E-state index contributed by atoms with van der Waals surface area (Å²) in [6.07, 6.45) is 4.02. The molecule has 0 aliphatic rings. The highest BCUT2D eigenvalue weighted by Gasteiger charge is 2.21. The molecule has 2 N–H and O–H groups in total. The number of carboxylic acids is 1. The summed E-state index contributed by atoms with van der Waals surface area (Å²) < 4.78 is 0. The van der Waals surface area contributed by atoms with E-state index in [0.717, 1.165) is 25.5 Å². The summed E-state index contributed by atoms with van der Waals surface area (Å²) >= 11 is 0. The lowest BCUT2D eigenvalue weighted by atomic mass is 10.1. The number of nitrogens with zero attached hydrogens (tertiary/aromatic N) is 2. The molecule has 7 heteroatoms. The molecule has 0 amide bonds. The fourth-order valence-electron chi connectivity index (χ4n) is 1.68. The summed E-state index contributed by atoms with van der Waals surface area (Å²) in [5, 5.41) is 22.7. The van der Waals surface area contributed by atoms with Gasteiger partial charge in [-0.1, -0.05) is 19.8 Å². The monoisotopic (exact) mass is 267 g/mol. The first-order chi connectivity index (χ1) is 8.95. The number of aromatic nitrogens is 1. The van der Waals surface area contributed by atoms with Gasteiger partial charge in [0.15, 0.2) is 0 Å². The Balaban J connectivity index is 2.90. The molecule has 7 nitrogen and oxygen atoms in total. The highest BCUT2D eigenvalue weighted by Crippen LogP contribution is 2.21. The van der Waals surface area contributed by atoms with Crippen LogP contribution in [0.5, 0.6) is 0 Å². The quantitative estimate of drug-likeness (QED) is 0.581. The molecular weight excluding hydrogens is 250 g/mol. The number of carboxylic acid groups (broad SMARTS) is 1. The van der Waals surface area contributed by atoms with Gasteiger partial charge in [0.25, 0.3) is 0 Å². The summed E-state index contributed by atoms with van der Waals surface area (Å²) in [4.78, 5) is 24.8. The zero-order valence-electron chi connectivity index (χ0n) is 10.9. The highest BCUT2D eigenvalue weighted by atomic mass is 16.6. The van der Waals surface area contributed by atoms with Gasteiger partial charge in [0, 0.05) is 12.1 Å². The Hall–Kier alpha value is -2.18. The van der Waals surface area contributed by atoms with Crippen molar-refractivity contribution in [2.45, 2.75) is 39.2 Å². The van der Waals surface area contributed by atoms with Crippen molar-refractivity contribution in [2.75, 3.05) is 5.32 Å². The van der Waals surface area contributed by atoms with E-state index in [1.165, 1.54) is 6.07 Å². The number of unbranched alkanes of at least 4 members (excludes halogenated alkanes) is 1. The fraction of sp³-hybridized carbons (Fsp3) is 0.500. The van der Waals surface area contributed by atoms with Gasteiger partial charge in [-0.05, 0) is 13.3 Å². The molecule has 0 saturated carbocycles. The summed E-state index contributed by atoms with van der Waals surface area (Å²) in [6.45, 7) is 4.04. The van der Waals surface area contributed by atoms with Crippen LogP contribution in [0.15, 0.2) is 12.3 Å². The second kappa shape index (κ2) is 6.67. The fourth-order valence-corrected chi connectivity index (χ4v) is 1.68. The molecule has 1 aromatic heterocycles. The zero-order valence-corrected chi connectivity index (χ0v) is 10.9. The first kappa shape index (κ1) is 14.9. The Kier molecular flexibility index (Phi) is 5.23. The highest BCUT2D eigenvalue weighted by molar-refractivity contribution is 5.93. The van der Waals surface area contributed by atoms with Gasteiger partial charge in [-0.15, -0.1) is 0 Å². The predicted molar refractivity (Wildman–Crippen MR) is 70.5 cm³/mol. The third-order valence-corrected chi connectivity index (χ3v) is 2.70. The molecule has 0 aliphatic carbocycles. The first-order valence-electron chi connectivity index (χ1n) is 6.10. The van der Waals surface area contributed by atoms with E-state index in [-0.39, 0.29) is 11.6 Å². The van der Waals surface area contributed by atoms with Crippen molar-refractivity contribution in [2.24, 2.45) is 0 Å². The van der Waals surface area contributed by atoms with E-state index in [0.29, 0.717) is 5.82 Å². The van der Waals surface area contributed by atoms with Crippen LogP contribution in [0, 0.1) is 10.1 Å². The average molecular weight is 267 g/mol. The van der Waals surface area contributed by atoms with Gasteiger partial charge in [-0.3, -0.25) is 10.1 Å². The minimum atomic E-state index is -1.33. The number of rotatable bonds is 7. The van der Waals surface area contributed by atoms with Gasteiger partial charge >= 0.3 is 11.7 Å². The Morgan fingerprint density at radius 3 is 2.84 bits per heavy atom. The van der Waals surface area contributed by atoms with Crippen LogP contribution in [-0.2, 0) is 0 Å². The number of anilines is 1. The van der Waals surface area contributed by atoms with E-state index < -0.39 is 16.6 Å². The predicted octanol–water partition coefficient (Wildman–Crippen LogP) is 2.68. The number of hydrogen-bond acceptors (Lipinski definition) is 5. The van der Waals surface area contributed by atoms with Gasteiger partial charge in [0.1, 0.15) is 17.6 Å². The SMILES string of the molecule is CCCCC(C)Nc1cc(C(=O)O)c([N+](=O)[O-])cn1. The standard InChI is InChI=1S/C12H17N3O4/c1-3-4-5-8(2)14-11-6-9(12(16)17)10(7-13-11)15(18)19/h6-8H,3-5H2,1-2H3,(H,13,14)(H,16,17). The van der Waals surface area contributed by atoms with Crippen LogP contribution in [0.25, 0.3) is 0 Å². The summed E-state index contributed by atoms with van der Waals surface area (Å²) in [7, 11) is 0. The Morgan fingerprint density at radius 2 is 2.32 bits per heavy atom. The second-order valence-electron chi connectivity index (χ2n) is 4.34. The summed E-state index contributed by atoms with van der Waals surface area (Å²) in [5.41, 5.74) is -0.857. The lowest BCUT2D eigenvalue weighted by Gasteiger charge is -2.14. The maximum absolute atomic E-state index is 11.0. The smallest absolute Gasteiger partial charge is 0.342 e. The van der Waals surface area contributed by atoms with E-state index in [9.17, 15) is 14.9 Å². The maximum Gasteiger partial charge on any atom is 0.342 e. The van der Waals surface area contributed by atoms with E-state index in [1.54, 1.807) is 0 Å². The molecule has 0 fully saturated rings. The van der Waals surface area contributed by atoms with Crippen LogP contribution in [0.1, 0.15) is 43.5 Å². The van der Waals surface area contributed by atoms with Crippen LogP contribution >= 0.6 is 0 Å². The minimum absolute atomic E-state index is 0.135. The lowest BCUT2D eigenvalue weighted by molar-refractivity contribution is -0.385. The normalized spacial score (nSPS) is 11.9. The maximum atomic E-state index is 11.0. The van der Waals surface area contributed by atoms with Crippen LogP contribution < -0.4 is 5.32 Å². The molecule has 0 aromatic carbocycles. The van der Waals surface area contributed by atoms with Gasteiger partial charge in [-0.2, -0.15) is 0 Å². The average Bonchev–Trinajstić information content (AvgIpc) is 2.35. The second-order valence-corrected chi connectivity index (χ2v) is 4.34. The number of pyridine rings is 1. The van der Waals surface area contributed by atoms with Crippen LogP contribution in [-0.4, -0.2) is 27.0 Å². The van der Waals surface area contributed by atoms with Crippen molar-refractivity contribution in [3.8, 4) is 0 Å². The molecule has 0 aliphatic heterocycles. The van der Waals surface area contributed by atoms with Crippen molar-refractivity contribution in [1.29, 1.82) is 0 Å². The molecule has 1 atom stereocenters. The molecule has 0 radical (unpaired) electrons.